The molecule has 1 aromatic carbocycles. The average Bonchev–Trinajstić information content (AvgIpc) is 2.48. The lowest BCUT2D eigenvalue weighted by Gasteiger charge is -2.25. The fraction of sp³-hybridized carbons (Fsp3) is 0.500. The summed E-state index contributed by atoms with van der Waals surface area (Å²) >= 11 is 3.48. The van der Waals surface area contributed by atoms with Crippen molar-refractivity contribution in [3.05, 3.63) is 33.8 Å². The van der Waals surface area contributed by atoms with Gasteiger partial charge in [0.1, 0.15) is 0 Å². The van der Waals surface area contributed by atoms with Crippen LogP contribution in [0.15, 0.2) is 27.7 Å². The molecule has 1 unspecified atom stereocenters. The molecule has 0 aromatic heterocycles. The number of nitrogens with one attached hydrogen (secondary N) is 3. The smallest absolute Gasteiger partial charge is 0.220 e. The second kappa shape index (κ2) is 8.17. The lowest BCUT2D eigenvalue weighted by atomic mass is 10.1. The number of nitrogens with zero attached hydrogens (tertiary/aromatic N) is 1. The summed E-state index contributed by atoms with van der Waals surface area (Å²) in [6, 6.07) is 6.46. The molecule has 1 amide bonds. The van der Waals surface area contributed by atoms with Gasteiger partial charge >= 0.3 is 0 Å². The van der Waals surface area contributed by atoms with Crippen molar-refractivity contribution in [1.29, 1.82) is 0 Å². The highest BCUT2D eigenvalue weighted by Gasteiger charge is 2.18. The van der Waals surface area contributed by atoms with Crippen molar-refractivity contribution in [2.24, 2.45) is 4.99 Å². The van der Waals surface area contributed by atoms with Gasteiger partial charge in [0.25, 0.3) is 0 Å². The summed E-state index contributed by atoms with van der Waals surface area (Å²) < 4.78 is 1.08. The van der Waals surface area contributed by atoms with Gasteiger partial charge in [-0.3, -0.25) is 4.79 Å². The molecule has 1 heterocycles. The molecule has 0 aliphatic carbocycles. The Labute approximate surface area is 140 Å². The van der Waals surface area contributed by atoms with Crippen LogP contribution in [0.4, 0.5) is 0 Å². The van der Waals surface area contributed by atoms with Gasteiger partial charge < -0.3 is 16.0 Å². The van der Waals surface area contributed by atoms with Crippen molar-refractivity contribution in [1.82, 2.24) is 16.0 Å². The Morgan fingerprint density at radius 3 is 2.95 bits per heavy atom. The summed E-state index contributed by atoms with van der Waals surface area (Å²) in [5.41, 5.74) is 2.43. The third kappa shape index (κ3) is 5.02. The average molecular weight is 367 g/mol. The molecule has 2 rings (SSSR count). The van der Waals surface area contributed by atoms with Gasteiger partial charge in [0.2, 0.25) is 5.91 Å². The largest absolute Gasteiger partial charge is 0.357 e. The molecule has 5 nitrogen and oxygen atoms in total. The summed E-state index contributed by atoms with van der Waals surface area (Å²) in [7, 11) is 0. The maximum absolute atomic E-state index is 11.2. The van der Waals surface area contributed by atoms with Crippen LogP contribution in [-0.4, -0.2) is 31.0 Å². The van der Waals surface area contributed by atoms with Gasteiger partial charge in [-0.15, -0.1) is 0 Å². The molecule has 1 aliphatic heterocycles. The van der Waals surface area contributed by atoms with Crippen LogP contribution >= 0.6 is 15.9 Å². The van der Waals surface area contributed by atoms with Crippen LogP contribution in [-0.2, 0) is 11.3 Å². The zero-order valence-electron chi connectivity index (χ0n) is 13.1. The van der Waals surface area contributed by atoms with Crippen LogP contribution in [0.3, 0.4) is 0 Å². The second-order valence-corrected chi connectivity index (χ2v) is 6.37. The molecule has 1 saturated heterocycles. The highest BCUT2D eigenvalue weighted by molar-refractivity contribution is 9.10. The maximum Gasteiger partial charge on any atom is 0.220 e. The van der Waals surface area contributed by atoms with E-state index in [0.29, 0.717) is 19.5 Å². The third-order valence-electron chi connectivity index (χ3n) is 3.66. The van der Waals surface area contributed by atoms with Gasteiger partial charge in [-0.1, -0.05) is 22.0 Å². The number of aliphatic imine (C=N–C) groups is 1. The predicted molar refractivity (Wildman–Crippen MR) is 92.9 cm³/mol. The number of piperidine rings is 1. The monoisotopic (exact) mass is 366 g/mol. The van der Waals surface area contributed by atoms with Crippen molar-refractivity contribution >= 4 is 27.8 Å². The molecule has 6 heteroatoms. The van der Waals surface area contributed by atoms with Crippen LogP contribution in [0.1, 0.15) is 30.9 Å². The quantitative estimate of drug-likeness (QED) is 0.564. The topological polar surface area (TPSA) is 65.5 Å². The molecular formula is C16H23BrN4O. The molecule has 0 radical (unpaired) electrons. The van der Waals surface area contributed by atoms with E-state index in [9.17, 15) is 4.79 Å². The van der Waals surface area contributed by atoms with E-state index in [0.717, 1.165) is 23.4 Å². The normalized spacial score (nSPS) is 18.8. The zero-order chi connectivity index (χ0) is 15.9. The summed E-state index contributed by atoms with van der Waals surface area (Å²) in [5, 5.41) is 9.53. The van der Waals surface area contributed by atoms with E-state index < -0.39 is 0 Å². The summed E-state index contributed by atoms with van der Waals surface area (Å²) in [5.74, 6) is 0.927. The minimum absolute atomic E-state index is 0.130. The van der Waals surface area contributed by atoms with Gasteiger partial charge in [-0.25, -0.2) is 4.99 Å². The molecule has 0 spiro atoms. The van der Waals surface area contributed by atoms with Crippen LogP contribution in [0, 0.1) is 6.92 Å². The Kier molecular flexibility index (Phi) is 6.24. The van der Waals surface area contributed by atoms with E-state index in [1.807, 2.05) is 13.0 Å². The maximum atomic E-state index is 11.2. The van der Waals surface area contributed by atoms with Crippen LogP contribution < -0.4 is 16.0 Å². The number of rotatable bonds is 4. The molecule has 3 N–H and O–H groups in total. The highest BCUT2D eigenvalue weighted by Crippen LogP contribution is 2.16. The Hall–Kier alpha value is -1.56. The van der Waals surface area contributed by atoms with Gasteiger partial charge in [-0.2, -0.15) is 0 Å². The van der Waals surface area contributed by atoms with Gasteiger partial charge in [0, 0.05) is 30.0 Å². The van der Waals surface area contributed by atoms with Gasteiger partial charge in [-0.05, 0) is 43.5 Å². The second-order valence-electron chi connectivity index (χ2n) is 5.45. The van der Waals surface area contributed by atoms with Crippen molar-refractivity contribution in [2.75, 3.05) is 13.1 Å². The van der Waals surface area contributed by atoms with E-state index in [-0.39, 0.29) is 11.9 Å². The predicted octanol–water partition coefficient (Wildman–Crippen LogP) is 2.09. The van der Waals surface area contributed by atoms with E-state index in [1.54, 1.807) is 0 Å². The molecule has 1 atom stereocenters. The fourth-order valence-corrected chi connectivity index (χ4v) is 2.85. The highest BCUT2D eigenvalue weighted by atomic mass is 79.9. The van der Waals surface area contributed by atoms with Crippen LogP contribution in [0.25, 0.3) is 0 Å². The Morgan fingerprint density at radius 2 is 2.32 bits per heavy atom. The SMILES string of the molecule is CCNC(=NCc1ccc(Br)cc1C)NC1CCC(=O)NC1. The first-order valence-electron chi connectivity index (χ1n) is 7.65. The lowest BCUT2D eigenvalue weighted by Crippen LogP contribution is -2.51. The van der Waals surface area contributed by atoms with Crippen LogP contribution in [0.2, 0.25) is 0 Å². The first-order valence-corrected chi connectivity index (χ1v) is 8.44. The van der Waals surface area contributed by atoms with Crippen molar-refractivity contribution < 1.29 is 4.79 Å². The molecule has 1 aromatic rings. The molecule has 1 aliphatic rings. The summed E-state index contributed by atoms with van der Waals surface area (Å²) in [4.78, 5) is 15.9. The van der Waals surface area contributed by atoms with Crippen molar-refractivity contribution in [2.45, 2.75) is 39.3 Å². The van der Waals surface area contributed by atoms with E-state index in [1.165, 1.54) is 11.1 Å². The molecule has 120 valence electrons. The number of halogens is 1. The Bertz CT molecular complexity index is 549. The van der Waals surface area contributed by atoms with Crippen LogP contribution in [0.5, 0.6) is 0 Å². The first kappa shape index (κ1) is 16.8. The lowest BCUT2D eigenvalue weighted by molar-refractivity contribution is -0.122. The number of carbonyl (C=O) groups excluding carboxylic acids is 1. The molecule has 1 fully saturated rings. The fourth-order valence-electron chi connectivity index (χ4n) is 2.37. The number of hydrogen-bond donors (Lipinski definition) is 3. The van der Waals surface area contributed by atoms with Gasteiger partial charge in [0.15, 0.2) is 5.96 Å². The number of aryl methyl sites for hydroxylation is 1. The first-order chi connectivity index (χ1) is 10.6. The van der Waals surface area contributed by atoms with E-state index in [2.05, 4.69) is 55.9 Å². The third-order valence-corrected chi connectivity index (χ3v) is 4.16. The van der Waals surface area contributed by atoms with E-state index in [4.69, 9.17) is 0 Å². The Balaban J connectivity index is 1.98. The summed E-state index contributed by atoms with van der Waals surface area (Å²) in [6.45, 7) is 6.23. The summed E-state index contributed by atoms with van der Waals surface area (Å²) in [6.07, 6.45) is 1.41. The zero-order valence-corrected chi connectivity index (χ0v) is 14.7. The standard InChI is InChI=1S/C16H23BrN4O/c1-3-18-16(21-14-6-7-15(22)19-10-14)20-9-12-4-5-13(17)8-11(12)2/h4-5,8,14H,3,6-7,9-10H2,1-2H3,(H,19,22)(H2,18,20,21). The Morgan fingerprint density at radius 1 is 1.50 bits per heavy atom. The molecular weight excluding hydrogens is 344 g/mol. The van der Waals surface area contributed by atoms with Crippen molar-refractivity contribution in [3.8, 4) is 0 Å². The number of guanidine groups is 1. The number of benzene rings is 1. The van der Waals surface area contributed by atoms with E-state index >= 15 is 0 Å². The molecule has 0 saturated carbocycles. The van der Waals surface area contributed by atoms with Gasteiger partial charge in [0.05, 0.1) is 6.54 Å². The molecule has 0 bridgehead atoms. The number of amides is 1. The minimum atomic E-state index is 0.130. The molecule has 22 heavy (non-hydrogen) atoms. The minimum Gasteiger partial charge on any atom is -0.357 e. The van der Waals surface area contributed by atoms with Crippen molar-refractivity contribution in [3.63, 3.8) is 0 Å². The number of hydrogen-bond acceptors (Lipinski definition) is 2. The number of carbonyl (C=O) groups is 1.